The van der Waals surface area contributed by atoms with E-state index in [1.807, 2.05) is 31.2 Å². The normalized spacial score (nSPS) is 14.2. The average molecular weight is 321 g/mol. The highest BCUT2D eigenvalue weighted by Gasteiger charge is 2.21. The Kier molecular flexibility index (Phi) is 3.65. The number of fused-ring (bicyclic) bond motifs is 2. The number of benzene rings is 1. The number of carbonyl (C=O) groups excluding carboxylic acids is 1. The number of hydrogen-bond acceptors (Lipinski definition) is 3. The monoisotopic (exact) mass is 321 g/mol. The largest absolute Gasteiger partial charge is 0.358 e. The number of para-hydroxylation sites is 1. The number of hydrazone groups is 1. The van der Waals surface area contributed by atoms with Gasteiger partial charge in [0.25, 0.3) is 5.91 Å². The van der Waals surface area contributed by atoms with Crippen molar-refractivity contribution >= 4 is 23.0 Å². The third-order valence-corrected chi connectivity index (χ3v) is 4.57. The van der Waals surface area contributed by atoms with Crippen LogP contribution in [-0.4, -0.2) is 27.3 Å². The van der Waals surface area contributed by atoms with Crippen molar-refractivity contribution in [3.05, 3.63) is 52.5 Å². The fraction of sp³-hybridized carbons (Fsp3) is 0.278. The Bertz CT molecular complexity index is 934. The van der Waals surface area contributed by atoms with Crippen LogP contribution in [0.4, 0.5) is 0 Å². The summed E-state index contributed by atoms with van der Waals surface area (Å²) in [7, 11) is 0. The van der Waals surface area contributed by atoms with Gasteiger partial charge in [-0.25, -0.2) is 5.43 Å². The molecule has 122 valence electrons. The minimum atomic E-state index is -0.261. The van der Waals surface area contributed by atoms with E-state index in [1.165, 1.54) is 0 Å². The highest BCUT2D eigenvalue weighted by atomic mass is 16.2. The molecule has 0 unspecified atom stereocenters. The smallest absolute Gasteiger partial charge is 0.292 e. The number of rotatable bonds is 3. The molecule has 3 N–H and O–H groups in total. The molecule has 0 bridgehead atoms. The van der Waals surface area contributed by atoms with Crippen molar-refractivity contribution in [3.8, 4) is 0 Å². The van der Waals surface area contributed by atoms with Gasteiger partial charge in [0.1, 0.15) is 0 Å². The summed E-state index contributed by atoms with van der Waals surface area (Å²) in [6.07, 6.45) is 5.80. The van der Waals surface area contributed by atoms with Crippen molar-refractivity contribution in [3.63, 3.8) is 0 Å². The zero-order valence-electron chi connectivity index (χ0n) is 13.5. The summed E-state index contributed by atoms with van der Waals surface area (Å²) in [5.74, 6) is -0.261. The highest BCUT2D eigenvalue weighted by Crippen LogP contribution is 2.22. The summed E-state index contributed by atoms with van der Waals surface area (Å²) >= 11 is 0. The lowest BCUT2D eigenvalue weighted by Gasteiger charge is -2.10. The van der Waals surface area contributed by atoms with Gasteiger partial charge in [-0.1, -0.05) is 18.2 Å². The highest BCUT2D eigenvalue weighted by molar-refractivity contribution is 6.01. The number of amides is 1. The van der Waals surface area contributed by atoms with Crippen molar-refractivity contribution in [1.29, 1.82) is 0 Å². The Morgan fingerprint density at radius 1 is 1.29 bits per heavy atom. The zero-order chi connectivity index (χ0) is 16.5. The van der Waals surface area contributed by atoms with Crippen LogP contribution in [0.15, 0.2) is 29.4 Å². The first-order chi connectivity index (χ1) is 11.7. The molecule has 0 atom stereocenters. The van der Waals surface area contributed by atoms with Crippen molar-refractivity contribution < 1.29 is 4.79 Å². The van der Waals surface area contributed by atoms with Crippen LogP contribution >= 0.6 is 0 Å². The fourth-order valence-electron chi connectivity index (χ4n) is 3.34. The molecule has 6 nitrogen and oxygen atoms in total. The van der Waals surface area contributed by atoms with E-state index < -0.39 is 0 Å². The van der Waals surface area contributed by atoms with Crippen LogP contribution in [0.5, 0.6) is 0 Å². The maximum Gasteiger partial charge on any atom is 0.292 e. The van der Waals surface area contributed by atoms with Crippen LogP contribution in [0, 0.1) is 6.92 Å². The average Bonchev–Trinajstić information content (AvgIpc) is 3.16. The molecule has 4 rings (SSSR count). The third kappa shape index (κ3) is 2.50. The standard InChI is InChI=1S/C18H19N5O/c1-11-14(12-6-2-4-8-15(12)20-11)10-19-23-18(24)17-13-7-3-5-9-16(13)21-22-17/h2,4,6,8,10,20H,3,5,7,9H2,1H3,(H,21,22)(H,23,24)/b19-10+. The molecule has 3 aromatic rings. The molecule has 24 heavy (non-hydrogen) atoms. The van der Waals surface area contributed by atoms with Gasteiger partial charge in [-0.3, -0.25) is 9.89 Å². The second-order valence-corrected chi connectivity index (χ2v) is 6.14. The van der Waals surface area contributed by atoms with E-state index in [-0.39, 0.29) is 5.91 Å². The van der Waals surface area contributed by atoms with E-state index >= 15 is 0 Å². The number of nitrogens with one attached hydrogen (secondary N) is 3. The molecule has 1 aliphatic carbocycles. The summed E-state index contributed by atoms with van der Waals surface area (Å²) in [5.41, 5.74) is 8.26. The Balaban J connectivity index is 1.54. The minimum Gasteiger partial charge on any atom is -0.358 e. The maximum atomic E-state index is 12.3. The number of aromatic nitrogens is 3. The second-order valence-electron chi connectivity index (χ2n) is 6.14. The van der Waals surface area contributed by atoms with E-state index in [9.17, 15) is 4.79 Å². The van der Waals surface area contributed by atoms with Crippen molar-refractivity contribution in [2.75, 3.05) is 0 Å². The summed E-state index contributed by atoms with van der Waals surface area (Å²) in [6.45, 7) is 1.99. The van der Waals surface area contributed by atoms with Crippen LogP contribution in [0.2, 0.25) is 0 Å². The van der Waals surface area contributed by atoms with Crippen molar-refractivity contribution in [2.45, 2.75) is 32.6 Å². The molecule has 1 amide bonds. The summed E-state index contributed by atoms with van der Waals surface area (Å²) < 4.78 is 0. The predicted molar refractivity (Wildman–Crippen MR) is 93.3 cm³/mol. The van der Waals surface area contributed by atoms with Gasteiger partial charge >= 0.3 is 0 Å². The van der Waals surface area contributed by atoms with Crippen LogP contribution < -0.4 is 5.43 Å². The maximum absolute atomic E-state index is 12.3. The fourth-order valence-corrected chi connectivity index (χ4v) is 3.34. The number of H-pyrrole nitrogens is 2. The van der Waals surface area contributed by atoms with Crippen LogP contribution in [0.25, 0.3) is 10.9 Å². The van der Waals surface area contributed by atoms with Gasteiger partial charge in [-0.05, 0) is 38.7 Å². The van der Waals surface area contributed by atoms with Crippen LogP contribution in [0.3, 0.4) is 0 Å². The SMILES string of the molecule is Cc1[nH]c2ccccc2c1/C=N/NC(=O)c1n[nH]c2c1CCCC2. The van der Waals surface area contributed by atoms with Crippen molar-refractivity contribution in [2.24, 2.45) is 5.10 Å². The molecule has 0 radical (unpaired) electrons. The Hall–Kier alpha value is -2.89. The topological polar surface area (TPSA) is 85.9 Å². The summed E-state index contributed by atoms with van der Waals surface area (Å²) in [6, 6.07) is 8.03. The summed E-state index contributed by atoms with van der Waals surface area (Å²) in [4.78, 5) is 15.7. The third-order valence-electron chi connectivity index (χ3n) is 4.57. The molecule has 1 aromatic carbocycles. The van der Waals surface area contributed by atoms with E-state index in [4.69, 9.17) is 0 Å². The Morgan fingerprint density at radius 3 is 3.04 bits per heavy atom. The number of aromatic amines is 2. The van der Waals surface area contributed by atoms with Gasteiger partial charge < -0.3 is 4.98 Å². The van der Waals surface area contributed by atoms with Gasteiger partial charge in [-0.15, -0.1) is 0 Å². The van der Waals surface area contributed by atoms with Gasteiger partial charge in [0.15, 0.2) is 5.69 Å². The summed E-state index contributed by atoms with van der Waals surface area (Å²) in [5, 5.41) is 12.4. The van der Waals surface area contributed by atoms with Gasteiger partial charge in [0.05, 0.1) is 6.21 Å². The first-order valence-electron chi connectivity index (χ1n) is 8.21. The van der Waals surface area contributed by atoms with E-state index in [1.54, 1.807) is 6.21 Å². The van der Waals surface area contributed by atoms with Crippen LogP contribution in [0.1, 0.15) is 45.8 Å². The lowest BCUT2D eigenvalue weighted by atomic mass is 9.96. The quantitative estimate of drug-likeness (QED) is 0.512. The molecule has 0 saturated carbocycles. The number of aryl methyl sites for hydroxylation is 2. The molecule has 0 fully saturated rings. The number of nitrogens with zero attached hydrogens (tertiary/aromatic N) is 2. The second kappa shape index (κ2) is 5.96. The van der Waals surface area contributed by atoms with Crippen molar-refractivity contribution in [1.82, 2.24) is 20.6 Å². The molecule has 6 heteroatoms. The first-order valence-corrected chi connectivity index (χ1v) is 8.21. The molecule has 2 aromatic heterocycles. The number of carbonyl (C=O) groups is 1. The molecule has 0 aliphatic heterocycles. The first kappa shape index (κ1) is 14.7. The molecule has 0 spiro atoms. The van der Waals surface area contributed by atoms with Gasteiger partial charge in [0.2, 0.25) is 0 Å². The van der Waals surface area contributed by atoms with E-state index in [0.717, 1.165) is 59.1 Å². The van der Waals surface area contributed by atoms with Crippen LogP contribution in [-0.2, 0) is 12.8 Å². The molecular formula is C18H19N5O. The molecular weight excluding hydrogens is 302 g/mol. The Labute approximate surface area is 139 Å². The van der Waals surface area contributed by atoms with E-state index in [0.29, 0.717) is 5.69 Å². The lowest BCUT2D eigenvalue weighted by molar-refractivity contribution is 0.0949. The van der Waals surface area contributed by atoms with E-state index in [2.05, 4.69) is 25.7 Å². The predicted octanol–water partition coefficient (Wildman–Crippen LogP) is 2.84. The molecule has 1 aliphatic rings. The lowest BCUT2D eigenvalue weighted by Crippen LogP contribution is -2.20. The zero-order valence-corrected chi connectivity index (χ0v) is 13.5. The van der Waals surface area contributed by atoms with Gasteiger partial charge in [0, 0.05) is 33.4 Å². The molecule has 0 saturated heterocycles. The minimum absolute atomic E-state index is 0.261. The van der Waals surface area contributed by atoms with Gasteiger partial charge in [-0.2, -0.15) is 10.2 Å². The Morgan fingerprint density at radius 2 is 2.12 bits per heavy atom. The molecule has 2 heterocycles. The number of hydrogen-bond donors (Lipinski definition) is 3.